The van der Waals surface area contributed by atoms with Gasteiger partial charge < -0.3 is 5.11 Å². The first-order chi connectivity index (χ1) is 11.0. The Labute approximate surface area is 136 Å². The molecule has 2 unspecified atom stereocenters. The third-order valence-electron chi connectivity index (χ3n) is 4.83. The first kappa shape index (κ1) is 14.9. The zero-order valence-corrected chi connectivity index (χ0v) is 13.5. The molecule has 0 aromatic heterocycles. The van der Waals surface area contributed by atoms with E-state index in [9.17, 15) is 13.5 Å². The Kier molecular flexibility index (Phi) is 3.52. The van der Waals surface area contributed by atoms with Crippen molar-refractivity contribution in [3.63, 3.8) is 0 Å². The third-order valence-corrected chi connectivity index (χ3v) is 6.53. The fourth-order valence-corrected chi connectivity index (χ4v) is 5.56. The van der Waals surface area contributed by atoms with E-state index in [0.717, 1.165) is 0 Å². The number of hydrogen-bond donors (Lipinski definition) is 1. The number of nitrogens with zero attached hydrogens (tertiary/aromatic N) is 1. The van der Waals surface area contributed by atoms with Crippen LogP contribution in [0.5, 0.6) is 0 Å². The molecule has 5 heteroatoms. The summed E-state index contributed by atoms with van der Waals surface area (Å²) in [6, 6.07) is 16.1. The van der Waals surface area contributed by atoms with Crippen molar-refractivity contribution in [2.45, 2.75) is 25.2 Å². The van der Waals surface area contributed by atoms with Crippen LogP contribution >= 0.6 is 0 Å². The second-order valence-electron chi connectivity index (χ2n) is 6.43. The number of aliphatic hydroxyl groups is 1. The molecule has 1 N–H and O–H groups in total. The molecule has 2 aliphatic rings. The predicted octanol–water partition coefficient (Wildman–Crippen LogP) is 1.83. The van der Waals surface area contributed by atoms with Gasteiger partial charge in [-0.3, -0.25) is 4.90 Å². The Morgan fingerprint density at radius 3 is 1.87 bits per heavy atom. The maximum absolute atomic E-state index is 11.9. The maximum atomic E-state index is 11.9. The summed E-state index contributed by atoms with van der Waals surface area (Å²) in [6.45, 7) is 1.31. The van der Waals surface area contributed by atoms with E-state index in [1.54, 1.807) is 0 Å². The zero-order chi connectivity index (χ0) is 16.0. The summed E-state index contributed by atoms with van der Waals surface area (Å²) < 4.78 is 23.8. The Balaban J connectivity index is 1.79. The predicted molar refractivity (Wildman–Crippen MR) is 89.6 cm³/mol. The smallest absolute Gasteiger partial charge is 0.154 e. The van der Waals surface area contributed by atoms with Crippen LogP contribution < -0.4 is 0 Å². The van der Waals surface area contributed by atoms with Crippen LogP contribution in [0.4, 0.5) is 0 Å². The average molecular weight is 329 g/mol. The van der Waals surface area contributed by atoms with E-state index >= 15 is 0 Å². The number of hydrogen-bond acceptors (Lipinski definition) is 4. The highest BCUT2D eigenvalue weighted by atomic mass is 32.2. The van der Waals surface area contributed by atoms with Crippen molar-refractivity contribution in [3.05, 3.63) is 59.7 Å². The maximum Gasteiger partial charge on any atom is 0.154 e. The van der Waals surface area contributed by atoms with Gasteiger partial charge in [0.2, 0.25) is 0 Å². The molecule has 4 rings (SSSR count). The van der Waals surface area contributed by atoms with Gasteiger partial charge in [-0.1, -0.05) is 48.5 Å². The van der Waals surface area contributed by atoms with E-state index in [-0.39, 0.29) is 17.5 Å². The molecule has 1 fully saturated rings. The van der Waals surface area contributed by atoms with Gasteiger partial charge in [-0.2, -0.15) is 0 Å². The molecular formula is C18H19NO3S. The average Bonchev–Trinajstić information content (AvgIpc) is 2.71. The number of benzene rings is 2. The Morgan fingerprint density at radius 2 is 1.39 bits per heavy atom. The summed E-state index contributed by atoms with van der Waals surface area (Å²) in [5, 5.41) is 10.2. The van der Waals surface area contributed by atoms with E-state index in [4.69, 9.17) is 0 Å². The summed E-state index contributed by atoms with van der Waals surface area (Å²) in [4.78, 5) is 2.11. The second kappa shape index (κ2) is 5.44. The number of aliphatic hydroxyl groups excluding tert-OH is 1. The Bertz CT molecular complexity index is 799. The molecule has 0 amide bonds. The topological polar surface area (TPSA) is 57.6 Å². The molecule has 120 valence electrons. The van der Waals surface area contributed by atoms with Gasteiger partial charge in [0.1, 0.15) is 0 Å². The third kappa shape index (κ3) is 2.69. The summed E-state index contributed by atoms with van der Waals surface area (Å²) >= 11 is 0. The van der Waals surface area contributed by atoms with Crippen LogP contribution in [0.2, 0.25) is 0 Å². The Morgan fingerprint density at radius 1 is 0.870 bits per heavy atom. The Hall–Kier alpha value is -1.69. The van der Waals surface area contributed by atoms with Crippen LogP contribution in [0.25, 0.3) is 11.1 Å². The minimum Gasteiger partial charge on any atom is -0.390 e. The molecule has 23 heavy (non-hydrogen) atoms. The lowest BCUT2D eigenvalue weighted by atomic mass is 9.97. The lowest BCUT2D eigenvalue weighted by molar-refractivity contribution is 0.0739. The van der Waals surface area contributed by atoms with Crippen LogP contribution in [0.3, 0.4) is 0 Å². The molecule has 0 aliphatic carbocycles. The molecule has 0 spiro atoms. The molecule has 0 bridgehead atoms. The van der Waals surface area contributed by atoms with Crippen molar-refractivity contribution < 1.29 is 13.5 Å². The fourth-order valence-electron chi connectivity index (χ4n) is 3.73. The molecule has 4 nitrogen and oxygen atoms in total. The first-order valence-electron chi connectivity index (χ1n) is 7.82. The highest BCUT2D eigenvalue weighted by Crippen LogP contribution is 2.34. The molecule has 2 heterocycles. The molecule has 2 aromatic carbocycles. The van der Waals surface area contributed by atoms with Crippen LogP contribution in [0, 0.1) is 0 Å². The largest absolute Gasteiger partial charge is 0.390 e. The van der Waals surface area contributed by atoms with Crippen molar-refractivity contribution in [1.82, 2.24) is 4.90 Å². The second-order valence-corrected chi connectivity index (χ2v) is 8.58. The highest BCUT2D eigenvalue weighted by Gasteiger charge is 2.40. The summed E-state index contributed by atoms with van der Waals surface area (Å²) in [5.41, 5.74) is 4.74. The SMILES string of the molecule is O=S1(=O)CC(O)C(N2Cc3ccccc3-c3ccccc3C2)C1. The standard InChI is InChI=1S/C18H19NO3S/c20-18-12-23(21,22)11-17(18)19-9-13-5-1-3-7-15(13)16-8-4-2-6-14(16)10-19/h1-8,17-18,20H,9-12H2. The van der Waals surface area contributed by atoms with E-state index in [2.05, 4.69) is 29.2 Å². The van der Waals surface area contributed by atoms with Gasteiger partial charge in [-0.15, -0.1) is 0 Å². The van der Waals surface area contributed by atoms with E-state index in [1.807, 2.05) is 24.3 Å². The lowest BCUT2D eigenvalue weighted by Crippen LogP contribution is -2.41. The van der Waals surface area contributed by atoms with Crippen molar-refractivity contribution in [3.8, 4) is 11.1 Å². The van der Waals surface area contributed by atoms with Crippen molar-refractivity contribution in [2.24, 2.45) is 0 Å². The molecule has 2 atom stereocenters. The first-order valence-corrected chi connectivity index (χ1v) is 9.64. The number of sulfone groups is 1. The quantitative estimate of drug-likeness (QED) is 0.867. The van der Waals surface area contributed by atoms with Gasteiger partial charge in [0.05, 0.1) is 23.7 Å². The number of rotatable bonds is 1. The fraction of sp³-hybridized carbons (Fsp3) is 0.333. The van der Waals surface area contributed by atoms with Gasteiger partial charge in [0.15, 0.2) is 9.84 Å². The lowest BCUT2D eigenvalue weighted by Gasteiger charge is -2.29. The molecule has 2 aliphatic heterocycles. The molecule has 2 aromatic rings. The van der Waals surface area contributed by atoms with Gasteiger partial charge >= 0.3 is 0 Å². The highest BCUT2D eigenvalue weighted by molar-refractivity contribution is 7.91. The van der Waals surface area contributed by atoms with Gasteiger partial charge in [0.25, 0.3) is 0 Å². The van der Waals surface area contributed by atoms with Crippen LogP contribution in [-0.4, -0.2) is 42.1 Å². The van der Waals surface area contributed by atoms with Crippen molar-refractivity contribution >= 4 is 9.84 Å². The monoisotopic (exact) mass is 329 g/mol. The van der Waals surface area contributed by atoms with Crippen LogP contribution in [0.15, 0.2) is 48.5 Å². The minimum absolute atomic E-state index is 0.0402. The summed E-state index contributed by atoms with van der Waals surface area (Å²) in [6.07, 6.45) is -0.808. The van der Waals surface area contributed by atoms with Gasteiger partial charge in [0, 0.05) is 13.1 Å². The van der Waals surface area contributed by atoms with Gasteiger partial charge in [-0.05, 0) is 22.3 Å². The van der Waals surface area contributed by atoms with Crippen LogP contribution in [-0.2, 0) is 22.9 Å². The number of fused-ring (bicyclic) bond motifs is 3. The van der Waals surface area contributed by atoms with Gasteiger partial charge in [-0.25, -0.2) is 8.42 Å². The van der Waals surface area contributed by atoms with Crippen LogP contribution in [0.1, 0.15) is 11.1 Å². The zero-order valence-electron chi connectivity index (χ0n) is 12.7. The normalized spacial score (nSPS) is 26.3. The summed E-state index contributed by atoms with van der Waals surface area (Å²) in [5.74, 6) is -0.0873. The van der Waals surface area contributed by atoms with E-state index < -0.39 is 15.9 Å². The molecular weight excluding hydrogens is 310 g/mol. The summed E-state index contributed by atoms with van der Waals surface area (Å²) in [7, 11) is -3.15. The minimum atomic E-state index is -3.15. The molecule has 0 saturated carbocycles. The molecule has 1 saturated heterocycles. The van der Waals surface area contributed by atoms with Crippen molar-refractivity contribution in [2.75, 3.05) is 11.5 Å². The van der Waals surface area contributed by atoms with E-state index in [1.165, 1.54) is 22.3 Å². The van der Waals surface area contributed by atoms with E-state index in [0.29, 0.717) is 13.1 Å². The van der Waals surface area contributed by atoms with Crippen molar-refractivity contribution in [1.29, 1.82) is 0 Å². The molecule has 0 radical (unpaired) electrons.